The van der Waals surface area contributed by atoms with Gasteiger partial charge >= 0.3 is 0 Å². The van der Waals surface area contributed by atoms with Crippen molar-refractivity contribution in [3.05, 3.63) is 23.8 Å². The number of benzene rings is 1. The summed E-state index contributed by atoms with van der Waals surface area (Å²) >= 11 is 0. The van der Waals surface area contributed by atoms with Crippen LogP contribution in [0.15, 0.2) is 18.2 Å². The molecular formula is C15H21N5O. The molecule has 0 bridgehead atoms. The summed E-state index contributed by atoms with van der Waals surface area (Å²) in [5.41, 5.74) is 2.51. The van der Waals surface area contributed by atoms with Gasteiger partial charge in [-0.25, -0.2) is 4.68 Å². The lowest BCUT2D eigenvalue weighted by Crippen LogP contribution is -2.42. The monoisotopic (exact) mass is 287 g/mol. The third-order valence-corrected chi connectivity index (χ3v) is 4.36. The van der Waals surface area contributed by atoms with Crippen molar-refractivity contribution in [3.8, 4) is 0 Å². The Hall–Kier alpha value is -1.95. The van der Waals surface area contributed by atoms with Crippen LogP contribution < -0.4 is 10.6 Å². The molecular weight excluding hydrogens is 266 g/mol. The maximum Gasteiger partial charge on any atom is 0.251 e. The fourth-order valence-electron chi connectivity index (χ4n) is 2.78. The standard InChI is InChI=1S/C15H21N5O/c1-15(5-7-16-8-6-15)10-17-14(21)11-3-4-13-12(9-11)18-19-20(13)2/h3-4,9,16H,5-8,10H2,1-2H3,(H,17,21). The lowest BCUT2D eigenvalue weighted by molar-refractivity contribution is 0.0922. The molecule has 0 radical (unpaired) electrons. The van der Waals surface area contributed by atoms with Crippen LogP contribution in [-0.2, 0) is 7.05 Å². The van der Waals surface area contributed by atoms with Crippen molar-refractivity contribution >= 4 is 16.9 Å². The van der Waals surface area contributed by atoms with Gasteiger partial charge in [-0.2, -0.15) is 0 Å². The highest BCUT2D eigenvalue weighted by molar-refractivity contribution is 5.97. The Balaban J connectivity index is 1.69. The summed E-state index contributed by atoms with van der Waals surface area (Å²) in [5, 5.41) is 14.4. The number of aryl methyl sites for hydroxylation is 1. The molecule has 3 rings (SSSR count). The van der Waals surface area contributed by atoms with Gasteiger partial charge in [0.2, 0.25) is 0 Å². The van der Waals surface area contributed by atoms with Crippen LogP contribution in [0, 0.1) is 5.41 Å². The van der Waals surface area contributed by atoms with Crippen molar-refractivity contribution in [2.75, 3.05) is 19.6 Å². The molecule has 1 saturated heterocycles. The lowest BCUT2D eigenvalue weighted by atomic mass is 9.81. The smallest absolute Gasteiger partial charge is 0.251 e. The molecule has 112 valence electrons. The zero-order valence-electron chi connectivity index (χ0n) is 12.5. The first-order valence-corrected chi connectivity index (χ1v) is 7.36. The van der Waals surface area contributed by atoms with Crippen LogP contribution in [0.2, 0.25) is 0 Å². The summed E-state index contributed by atoms with van der Waals surface area (Å²) in [6, 6.07) is 5.50. The molecule has 0 spiro atoms. The number of hydrogen-bond donors (Lipinski definition) is 2. The number of hydrogen-bond acceptors (Lipinski definition) is 4. The Morgan fingerprint density at radius 2 is 2.19 bits per heavy atom. The Labute approximate surface area is 123 Å². The summed E-state index contributed by atoms with van der Waals surface area (Å²) in [6.45, 7) is 5.00. The van der Waals surface area contributed by atoms with Crippen molar-refractivity contribution in [1.29, 1.82) is 0 Å². The first-order chi connectivity index (χ1) is 10.1. The summed E-state index contributed by atoms with van der Waals surface area (Å²) < 4.78 is 1.70. The second kappa shape index (κ2) is 5.44. The van der Waals surface area contributed by atoms with Crippen LogP contribution in [0.1, 0.15) is 30.1 Å². The zero-order valence-corrected chi connectivity index (χ0v) is 12.5. The van der Waals surface area contributed by atoms with Gasteiger partial charge < -0.3 is 10.6 Å². The Morgan fingerprint density at radius 1 is 1.43 bits per heavy atom. The number of nitrogens with zero attached hydrogens (tertiary/aromatic N) is 3. The van der Waals surface area contributed by atoms with E-state index in [0.717, 1.165) is 37.0 Å². The molecule has 6 heteroatoms. The van der Waals surface area contributed by atoms with Crippen molar-refractivity contribution in [3.63, 3.8) is 0 Å². The van der Waals surface area contributed by atoms with Crippen LogP contribution in [0.25, 0.3) is 11.0 Å². The van der Waals surface area contributed by atoms with Gasteiger partial charge in [0.05, 0.1) is 5.52 Å². The van der Waals surface area contributed by atoms with Gasteiger partial charge in [0.1, 0.15) is 5.52 Å². The number of aromatic nitrogens is 3. The molecule has 1 aromatic heterocycles. The van der Waals surface area contributed by atoms with Crippen LogP contribution >= 0.6 is 0 Å². The first-order valence-electron chi connectivity index (χ1n) is 7.36. The van der Waals surface area contributed by atoms with Crippen molar-refractivity contribution in [2.45, 2.75) is 19.8 Å². The second-order valence-corrected chi connectivity index (χ2v) is 6.16. The van der Waals surface area contributed by atoms with Gasteiger partial charge in [0.15, 0.2) is 0 Å². The Kier molecular flexibility index (Phi) is 3.63. The summed E-state index contributed by atoms with van der Waals surface area (Å²) in [7, 11) is 1.84. The van der Waals surface area contributed by atoms with Gasteiger partial charge in [0.25, 0.3) is 5.91 Å². The molecule has 1 aliphatic rings. The molecule has 0 unspecified atom stereocenters. The molecule has 0 atom stereocenters. The second-order valence-electron chi connectivity index (χ2n) is 6.16. The fourth-order valence-corrected chi connectivity index (χ4v) is 2.78. The summed E-state index contributed by atoms with van der Waals surface area (Å²) in [4.78, 5) is 12.3. The van der Waals surface area contributed by atoms with Crippen molar-refractivity contribution in [1.82, 2.24) is 25.6 Å². The minimum Gasteiger partial charge on any atom is -0.351 e. The average molecular weight is 287 g/mol. The molecule has 0 saturated carbocycles. The SMILES string of the molecule is Cn1nnc2cc(C(=O)NCC3(C)CCNCC3)ccc21. The van der Waals surface area contributed by atoms with E-state index in [4.69, 9.17) is 0 Å². The molecule has 2 aromatic rings. The number of carbonyl (C=O) groups excluding carboxylic acids is 1. The number of nitrogens with one attached hydrogen (secondary N) is 2. The number of fused-ring (bicyclic) bond motifs is 1. The predicted molar refractivity (Wildman–Crippen MR) is 81.1 cm³/mol. The van der Waals surface area contributed by atoms with E-state index in [1.54, 1.807) is 10.7 Å². The predicted octanol–water partition coefficient (Wildman–Crippen LogP) is 1.09. The van der Waals surface area contributed by atoms with Crippen LogP contribution in [-0.4, -0.2) is 40.5 Å². The fraction of sp³-hybridized carbons (Fsp3) is 0.533. The normalized spacial score (nSPS) is 17.8. The largest absolute Gasteiger partial charge is 0.351 e. The maximum absolute atomic E-state index is 12.3. The highest BCUT2D eigenvalue weighted by Crippen LogP contribution is 2.26. The van der Waals surface area contributed by atoms with Crippen LogP contribution in [0.5, 0.6) is 0 Å². The van der Waals surface area contributed by atoms with E-state index in [1.807, 2.05) is 19.2 Å². The van der Waals surface area contributed by atoms with E-state index in [0.29, 0.717) is 12.1 Å². The van der Waals surface area contributed by atoms with Gasteiger partial charge in [-0.15, -0.1) is 5.10 Å². The zero-order chi connectivity index (χ0) is 14.9. The topological polar surface area (TPSA) is 71.8 Å². The minimum atomic E-state index is -0.0395. The summed E-state index contributed by atoms with van der Waals surface area (Å²) in [5.74, 6) is -0.0395. The minimum absolute atomic E-state index is 0.0395. The lowest BCUT2D eigenvalue weighted by Gasteiger charge is -2.34. The molecule has 2 N–H and O–H groups in total. The Bertz CT molecular complexity index is 657. The van der Waals surface area contributed by atoms with E-state index in [2.05, 4.69) is 27.9 Å². The Morgan fingerprint density at radius 3 is 2.95 bits per heavy atom. The molecule has 0 aliphatic carbocycles. The highest BCUT2D eigenvalue weighted by atomic mass is 16.1. The van der Waals surface area contributed by atoms with Crippen LogP contribution in [0.3, 0.4) is 0 Å². The van der Waals surface area contributed by atoms with E-state index < -0.39 is 0 Å². The van der Waals surface area contributed by atoms with Crippen molar-refractivity contribution < 1.29 is 4.79 Å². The molecule has 6 nitrogen and oxygen atoms in total. The average Bonchev–Trinajstić information content (AvgIpc) is 2.87. The molecule has 2 heterocycles. The maximum atomic E-state index is 12.3. The quantitative estimate of drug-likeness (QED) is 0.886. The number of carbonyl (C=O) groups is 1. The van der Waals surface area contributed by atoms with E-state index in [1.165, 1.54) is 0 Å². The third-order valence-electron chi connectivity index (χ3n) is 4.36. The first kappa shape index (κ1) is 14.0. The number of piperidine rings is 1. The molecule has 1 aliphatic heterocycles. The molecule has 1 amide bonds. The number of amides is 1. The summed E-state index contributed by atoms with van der Waals surface area (Å²) in [6.07, 6.45) is 2.19. The molecule has 21 heavy (non-hydrogen) atoms. The van der Waals surface area contributed by atoms with Gasteiger partial charge in [-0.05, 0) is 49.5 Å². The van der Waals surface area contributed by atoms with E-state index in [9.17, 15) is 4.79 Å². The van der Waals surface area contributed by atoms with Gasteiger partial charge in [-0.1, -0.05) is 12.1 Å². The van der Waals surface area contributed by atoms with Crippen LogP contribution in [0.4, 0.5) is 0 Å². The van der Waals surface area contributed by atoms with Gasteiger partial charge in [-0.3, -0.25) is 4.79 Å². The van der Waals surface area contributed by atoms with E-state index >= 15 is 0 Å². The van der Waals surface area contributed by atoms with Gasteiger partial charge in [0, 0.05) is 19.2 Å². The highest BCUT2D eigenvalue weighted by Gasteiger charge is 2.27. The van der Waals surface area contributed by atoms with E-state index in [-0.39, 0.29) is 11.3 Å². The van der Waals surface area contributed by atoms with Crippen molar-refractivity contribution in [2.24, 2.45) is 12.5 Å². The molecule has 1 fully saturated rings. The third kappa shape index (κ3) is 2.90. The number of rotatable bonds is 3. The molecule has 1 aromatic carbocycles.